The van der Waals surface area contributed by atoms with Crippen LogP contribution in [-0.4, -0.2) is 31.1 Å². The number of benzene rings is 1. The van der Waals surface area contributed by atoms with Crippen LogP contribution in [0.4, 0.5) is 0 Å². The molecule has 0 saturated carbocycles. The monoisotopic (exact) mass is 280 g/mol. The highest BCUT2D eigenvalue weighted by Gasteiger charge is 2.16. The van der Waals surface area contributed by atoms with Gasteiger partial charge < -0.3 is 5.32 Å². The van der Waals surface area contributed by atoms with Crippen LogP contribution in [-0.2, 0) is 6.54 Å². The third-order valence-electron chi connectivity index (χ3n) is 3.97. The maximum absolute atomic E-state index is 6.33. The summed E-state index contributed by atoms with van der Waals surface area (Å²) in [5.41, 5.74) is 2.48. The Balaban J connectivity index is 1.94. The smallest absolute Gasteiger partial charge is 0.0453 e. The van der Waals surface area contributed by atoms with E-state index in [0.29, 0.717) is 0 Å². The van der Waals surface area contributed by atoms with Gasteiger partial charge in [-0.2, -0.15) is 0 Å². The third kappa shape index (κ3) is 4.48. The first-order valence-corrected chi connectivity index (χ1v) is 7.75. The van der Waals surface area contributed by atoms with Crippen molar-refractivity contribution in [1.82, 2.24) is 10.2 Å². The molecule has 0 bridgehead atoms. The number of rotatable bonds is 5. The topological polar surface area (TPSA) is 15.3 Å². The number of hydrogen-bond donors (Lipinski definition) is 1. The van der Waals surface area contributed by atoms with Gasteiger partial charge in [0.1, 0.15) is 0 Å². The first kappa shape index (κ1) is 14.8. The molecular weight excluding hydrogens is 256 g/mol. The second kappa shape index (κ2) is 7.28. The van der Waals surface area contributed by atoms with E-state index in [-0.39, 0.29) is 0 Å². The molecule has 19 heavy (non-hydrogen) atoms. The average molecular weight is 281 g/mol. The highest BCUT2D eigenvalue weighted by Crippen LogP contribution is 2.20. The summed E-state index contributed by atoms with van der Waals surface area (Å²) >= 11 is 6.33. The summed E-state index contributed by atoms with van der Waals surface area (Å²) in [7, 11) is 0. The van der Waals surface area contributed by atoms with E-state index in [1.807, 2.05) is 0 Å². The molecule has 106 valence electrons. The van der Waals surface area contributed by atoms with Gasteiger partial charge in [0.25, 0.3) is 0 Å². The molecule has 1 fully saturated rings. The van der Waals surface area contributed by atoms with Crippen molar-refractivity contribution in [3.63, 3.8) is 0 Å². The number of hydrogen-bond acceptors (Lipinski definition) is 2. The molecule has 0 aromatic heterocycles. The van der Waals surface area contributed by atoms with E-state index in [4.69, 9.17) is 11.6 Å². The van der Waals surface area contributed by atoms with E-state index in [9.17, 15) is 0 Å². The SMILES string of the molecule is CCN(Cc1ccc(C)cc1Cl)CC1CCCNC1. The minimum Gasteiger partial charge on any atom is -0.316 e. The summed E-state index contributed by atoms with van der Waals surface area (Å²) < 4.78 is 0. The van der Waals surface area contributed by atoms with Crippen LogP contribution in [0.25, 0.3) is 0 Å². The molecule has 2 nitrogen and oxygen atoms in total. The van der Waals surface area contributed by atoms with Crippen molar-refractivity contribution < 1.29 is 0 Å². The summed E-state index contributed by atoms with van der Waals surface area (Å²) in [5.74, 6) is 0.790. The van der Waals surface area contributed by atoms with Crippen molar-refractivity contribution in [2.24, 2.45) is 5.92 Å². The van der Waals surface area contributed by atoms with Gasteiger partial charge in [-0.15, -0.1) is 0 Å². The summed E-state index contributed by atoms with van der Waals surface area (Å²) in [4.78, 5) is 2.51. The van der Waals surface area contributed by atoms with Crippen LogP contribution >= 0.6 is 11.6 Å². The fraction of sp³-hybridized carbons (Fsp3) is 0.625. The lowest BCUT2D eigenvalue weighted by Gasteiger charge is -2.29. The van der Waals surface area contributed by atoms with Crippen molar-refractivity contribution in [3.8, 4) is 0 Å². The zero-order chi connectivity index (χ0) is 13.7. The first-order valence-electron chi connectivity index (χ1n) is 7.37. The van der Waals surface area contributed by atoms with E-state index in [1.165, 1.54) is 37.1 Å². The van der Waals surface area contributed by atoms with Crippen LogP contribution in [0, 0.1) is 12.8 Å². The molecule has 1 unspecified atom stereocenters. The van der Waals surface area contributed by atoms with Crippen molar-refractivity contribution in [3.05, 3.63) is 34.3 Å². The highest BCUT2D eigenvalue weighted by molar-refractivity contribution is 6.31. The Bertz CT molecular complexity index is 400. The van der Waals surface area contributed by atoms with E-state index in [2.05, 4.69) is 42.3 Å². The summed E-state index contributed by atoms with van der Waals surface area (Å²) in [6, 6.07) is 6.38. The normalized spacial score (nSPS) is 19.9. The molecular formula is C16H25ClN2. The fourth-order valence-corrected chi connectivity index (χ4v) is 3.07. The van der Waals surface area contributed by atoms with Gasteiger partial charge in [-0.1, -0.05) is 30.7 Å². The Hall–Kier alpha value is -0.570. The first-order chi connectivity index (χ1) is 9.19. The van der Waals surface area contributed by atoms with Crippen LogP contribution in [0.1, 0.15) is 30.9 Å². The minimum absolute atomic E-state index is 0.790. The zero-order valence-corrected chi connectivity index (χ0v) is 12.8. The van der Waals surface area contributed by atoms with E-state index >= 15 is 0 Å². The Morgan fingerprint density at radius 1 is 1.42 bits per heavy atom. The predicted molar refractivity (Wildman–Crippen MR) is 82.7 cm³/mol. The van der Waals surface area contributed by atoms with E-state index in [0.717, 1.165) is 30.6 Å². The molecule has 1 atom stereocenters. The van der Waals surface area contributed by atoms with Gasteiger partial charge in [0.05, 0.1) is 0 Å². The van der Waals surface area contributed by atoms with Crippen molar-refractivity contribution in [2.75, 3.05) is 26.2 Å². The number of nitrogens with zero attached hydrogens (tertiary/aromatic N) is 1. The highest BCUT2D eigenvalue weighted by atomic mass is 35.5. The standard InChI is InChI=1S/C16H25ClN2/c1-3-19(11-14-5-4-8-18-10-14)12-15-7-6-13(2)9-16(15)17/h6-7,9,14,18H,3-5,8,10-12H2,1-2H3. The Labute approximate surface area is 122 Å². The Morgan fingerprint density at radius 3 is 2.89 bits per heavy atom. The maximum Gasteiger partial charge on any atom is 0.0453 e. The average Bonchev–Trinajstić information content (AvgIpc) is 2.42. The molecule has 1 heterocycles. The molecule has 1 aliphatic rings. The lowest BCUT2D eigenvalue weighted by molar-refractivity contribution is 0.210. The summed E-state index contributed by atoms with van der Waals surface area (Å²) in [6.07, 6.45) is 2.67. The third-order valence-corrected chi connectivity index (χ3v) is 4.32. The molecule has 2 rings (SSSR count). The molecule has 1 aromatic rings. The number of aryl methyl sites for hydroxylation is 1. The second-order valence-electron chi connectivity index (χ2n) is 5.63. The Kier molecular flexibility index (Phi) is 5.68. The number of piperidine rings is 1. The zero-order valence-electron chi connectivity index (χ0n) is 12.1. The van der Waals surface area contributed by atoms with Gasteiger partial charge in [0.2, 0.25) is 0 Å². The van der Waals surface area contributed by atoms with Gasteiger partial charge >= 0.3 is 0 Å². The van der Waals surface area contributed by atoms with Crippen molar-refractivity contribution >= 4 is 11.6 Å². The quantitative estimate of drug-likeness (QED) is 0.888. The van der Waals surface area contributed by atoms with Gasteiger partial charge in [0, 0.05) is 18.1 Å². The molecule has 0 radical (unpaired) electrons. The Morgan fingerprint density at radius 2 is 2.26 bits per heavy atom. The molecule has 0 amide bonds. The molecule has 0 spiro atoms. The lowest BCUT2D eigenvalue weighted by atomic mass is 9.99. The molecule has 1 aliphatic heterocycles. The van der Waals surface area contributed by atoms with Crippen LogP contribution in [0.2, 0.25) is 5.02 Å². The second-order valence-corrected chi connectivity index (χ2v) is 6.04. The molecule has 1 saturated heterocycles. The van der Waals surface area contributed by atoms with Crippen LogP contribution in [0.15, 0.2) is 18.2 Å². The lowest BCUT2D eigenvalue weighted by Crippen LogP contribution is -2.38. The molecule has 1 aromatic carbocycles. The van der Waals surface area contributed by atoms with Crippen molar-refractivity contribution in [1.29, 1.82) is 0 Å². The van der Waals surface area contributed by atoms with Crippen LogP contribution in [0.5, 0.6) is 0 Å². The maximum atomic E-state index is 6.33. The largest absolute Gasteiger partial charge is 0.316 e. The van der Waals surface area contributed by atoms with Gasteiger partial charge in [-0.3, -0.25) is 4.90 Å². The van der Waals surface area contributed by atoms with Gasteiger partial charge in [0.15, 0.2) is 0 Å². The summed E-state index contributed by atoms with van der Waals surface area (Å²) in [6.45, 7) is 9.89. The van der Waals surface area contributed by atoms with Crippen LogP contribution in [0.3, 0.4) is 0 Å². The number of nitrogens with one attached hydrogen (secondary N) is 1. The minimum atomic E-state index is 0.790. The van der Waals surface area contributed by atoms with E-state index < -0.39 is 0 Å². The predicted octanol–water partition coefficient (Wildman–Crippen LogP) is 3.47. The van der Waals surface area contributed by atoms with Crippen LogP contribution < -0.4 is 5.32 Å². The summed E-state index contributed by atoms with van der Waals surface area (Å²) in [5, 5.41) is 4.40. The molecule has 1 N–H and O–H groups in total. The van der Waals surface area contributed by atoms with Gasteiger partial charge in [-0.05, 0) is 62.5 Å². The number of halogens is 1. The van der Waals surface area contributed by atoms with Gasteiger partial charge in [-0.25, -0.2) is 0 Å². The molecule has 3 heteroatoms. The molecule has 0 aliphatic carbocycles. The fourth-order valence-electron chi connectivity index (χ4n) is 2.77. The van der Waals surface area contributed by atoms with Crippen molar-refractivity contribution in [2.45, 2.75) is 33.2 Å². The van der Waals surface area contributed by atoms with E-state index in [1.54, 1.807) is 0 Å².